The van der Waals surface area contributed by atoms with Crippen molar-refractivity contribution in [2.45, 2.75) is 24.5 Å². The second kappa shape index (κ2) is 14.4. The standard InChI is InChI=1S/C36H30N4O8/c37-36(44)39-27-18-10-17-26(19-27)28-20-40(22-38-28)32-31(48-35(43)25-15-8-3-9-16-25)30(47-34(42)24-13-6-2-7-14-24)29(46-32)21-45-33(41)23-11-4-1-5-12-23/h1-20,22,29-32H,21H2,(H3,37,39,44)/t29-,30-,31-,32-/m1/s1. The fourth-order valence-electron chi connectivity index (χ4n) is 5.22. The molecule has 0 spiro atoms. The van der Waals surface area contributed by atoms with E-state index in [0.29, 0.717) is 22.5 Å². The molecule has 1 aliphatic heterocycles. The predicted octanol–water partition coefficient (Wildman–Crippen LogP) is 5.25. The number of carbonyl (C=O) groups is 4. The molecule has 1 saturated heterocycles. The number of nitrogens with two attached hydrogens (primary N) is 1. The van der Waals surface area contributed by atoms with Crippen molar-refractivity contribution in [3.63, 3.8) is 0 Å². The summed E-state index contributed by atoms with van der Waals surface area (Å²) in [6, 6.07) is 31.3. The van der Waals surface area contributed by atoms with Gasteiger partial charge in [-0.3, -0.25) is 0 Å². The first-order valence-corrected chi connectivity index (χ1v) is 15.0. The summed E-state index contributed by atoms with van der Waals surface area (Å²) in [4.78, 5) is 55.6. The first-order valence-electron chi connectivity index (χ1n) is 15.0. The molecule has 2 amide bonds. The van der Waals surface area contributed by atoms with Crippen LogP contribution in [0.3, 0.4) is 0 Å². The first-order chi connectivity index (χ1) is 23.4. The van der Waals surface area contributed by atoms with E-state index < -0.39 is 48.5 Å². The van der Waals surface area contributed by atoms with Gasteiger partial charge < -0.3 is 34.6 Å². The zero-order chi connectivity index (χ0) is 33.5. The highest BCUT2D eigenvalue weighted by atomic mass is 16.7. The SMILES string of the molecule is NC(=O)Nc1cccc(-c2cn([C@@H]3O[C@H](COC(=O)c4ccccc4)[C@@H](OC(=O)c4ccccc4)[C@H]3OC(=O)c3ccccc3)cn2)c1. The number of ether oxygens (including phenoxy) is 4. The summed E-state index contributed by atoms with van der Waals surface area (Å²) in [5.41, 5.74) is 7.75. The van der Waals surface area contributed by atoms with Crippen molar-refractivity contribution in [1.82, 2.24) is 9.55 Å². The Bertz CT molecular complexity index is 1900. The number of carbonyl (C=O) groups excluding carboxylic acids is 4. The van der Waals surface area contributed by atoms with Crippen molar-refractivity contribution in [2.75, 3.05) is 11.9 Å². The van der Waals surface area contributed by atoms with Gasteiger partial charge in [0, 0.05) is 17.4 Å². The lowest BCUT2D eigenvalue weighted by Crippen LogP contribution is -2.41. The normalized spacial score (nSPS) is 18.4. The molecule has 1 fully saturated rings. The monoisotopic (exact) mass is 646 g/mol. The molecule has 0 unspecified atom stereocenters. The number of hydrogen-bond donors (Lipinski definition) is 2. The molecule has 48 heavy (non-hydrogen) atoms. The van der Waals surface area contributed by atoms with Gasteiger partial charge in [-0.25, -0.2) is 24.2 Å². The number of aromatic nitrogens is 2. The van der Waals surface area contributed by atoms with Gasteiger partial charge in [0.15, 0.2) is 18.4 Å². The number of amides is 2. The molecule has 3 N–H and O–H groups in total. The van der Waals surface area contributed by atoms with Crippen LogP contribution in [0, 0.1) is 0 Å². The molecule has 4 aromatic carbocycles. The van der Waals surface area contributed by atoms with E-state index in [-0.39, 0.29) is 17.7 Å². The van der Waals surface area contributed by atoms with Crippen LogP contribution in [0.1, 0.15) is 37.3 Å². The Balaban J connectivity index is 1.34. The fourth-order valence-corrected chi connectivity index (χ4v) is 5.22. The van der Waals surface area contributed by atoms with Crippen molar-refractivity contribution in [1.29, 1.82) is 0 Å². The number of nitrogens with one attached hydrogen (secondary N) is 1. The highest BCUT2D eigenvalue weighted by molar-refractivity contribution is 5.91. The van der Waals surface area contributed by atoms with Crippen LogP contribution in [0.4, 0.5) is 10.5 Å². The van der Waals surface area contributed by atoms with Crippen LogP contribution in [-0.4, -0.2) is 58.4 Å². The molecule has 0 radical (unpaired) electrons. The number of urea groups is 1. The Kier molecular flexibility index (Phi) is 9.54. The maximum absolute atomic E-state index is 13.4. The van der Waals surface area contributed by atoms with Gasteiger partial charge in [-0.15, -0.1) is 0 Å². The molecule has 0 saturated carbocycles. The summed E-state index contributed by atoms with van der Waals surface area (Å²) in [7, 11) is 0. The smallest absolute Gasteiger partial charge is 0.338 e. The van der Waals surface area contributed by atoms with Crippen LogP contribution in [0.5, 0.6) is 0 Å². The molecule has 12 heteroatoms. The number of hydrogen-bond acceptors (Lipinski definition) is 9. The number of rotatable bonds is 10. The molecule has 1 aromatic heterocycles. The highest BCUT2D eigenvalue weighted by Crippen LogP contribution is 2.36. The van der Waals surface area contributed by atoms with Gasteiger partial charge in [0.1, 0.15) is 12.7 Å². The van der Waals surface area contributed by atoms with Crippen molar-refractivity contribution in [2.24, 2.45) is 5.73 Å². The number of esters is 3. The molecule has 0 aliphatic carbocycles. The van der Waals surface area contributed by atoms with E-state index in [0.717, 1.165) is 0 Å². The zero-order valence-corrected chi connectivity index (χ0v) is 25.4. The van der Waals surface area contributed by atoms with Gasteiger partial charge in [0.25, 0.3) is 0 Å². The zero-order valence-electron chi connectivity index (χ0n) is 25.4. The fraction of sp³-hybridized carbons (Fsp3) is 0.139. The van der Waals surface area contributed by atoms with Crippen molar-refractivity contribution in [3.8, 4) is 11.3 Å². The van der Waals surface area contributed by atoms with Gasteiger partial charge in [0.2, 0.25) is 0 Å². The molecule has 5 aromatic rings. The van der Waals surface area contributed by atoms with E-state index in [9.17, 15) is 19.2 Å². The molecule has 6 rings (SSSR count). The number of benzene rings is 4. The minimum Gasteiger partial charge on any atom is -0.459 e. The van der Waals surface area contributed by atoms with E-state index in [1.54, 1.807) is 126 Å². The molecule has 0 bridgehead atoms. The van der Waals surface area contributed by atoms with Crippen LogP contribution < -0.4 is 11.1 Å². The first kappa shape index (κ1) is 31.7. The number of primary amides is 1. The van der Waals surface area contributed by atoms with Gasteiger partial charge in [0.05, 0.1) is 28.7 Å². The van der Waals surface area contributed by atoms with Gasteiger partial charge in [-0.2, -0.15) is 0 Å². The van der Waals surface area contributed by atoms with Gasteiger partial charge in [-0.05, 0) is 48.5 Å². The minimum atomic E-state index is -1.20. The molecule has 2 heterocycles. The third kappa shape index (κ3) is 7.40. The second-order valence-electron chi connectivity index (χ2n) is 10.8. The van der Waals surface area contributed by atoms with Gasteiger partial charge in [-0.1, -0.05) is 66.7 Å². The lowest BCUT2D eigenvalue weighted by molar-refractivity contribution is -0.0620. The maximum Gasteiger partial charge on any atom is 0.338 e. The van der Waals surface area contributed by atoms with Crippen molar-refractivity contribution in [3.05, 3.63) is 144 Å². The average Bonchev–Trinajstić information content (AvgIpc) is 3.73. The third-order valence-electron chi connectivity index (χ3n) is 7.50. The lowest BCUT2D eigenvalue weighted by Gasteiger charge is -2.24. The number of anilines is 1. The quantitative estimate of drug-likeness (QED) is 0.153. The Hall–Kier alpha value is -6.27. The van der Waals surface area contributed by atoms with Crippen LogP contribution in [0.2, 0.25) is 0 Å². The summed E-state index contributed by atoms with van der Waals surface area (Å²) >= 11 is 0. The summed E-state index contributed by atoms with van der Waals surface area (Å²) in [6.45, 7) is -0.321. The van der Waals surface area contributed by atoms with E-state index in [1.165, 1.54) is 6.33 Å². The summed E-state index contributed by atoms with van der Waals surface area (Å²) in [5, 5.41) is 2.53. The Morgan fingerprint density at radius 1 is 0.729 bits per heavy atom. The van der Waals surface area contributed by atoms with Crippen LogP contribution in [-0.2, 0) is 18.9 Å². The minimum absolute atomic E-state index is 0.267. The van der Waals surface area contributed by atoms with Crippen molar-refractivity contribution < 1.29 is 38.1 Å². The molecule has 4 atom stereocenters. The molecular formula is C36H30N4O8. The van der Waals surface area contributed by atoms with E-state index >= 15 is 0 Å². The Morgan fingerprint density at radius 2 is 1.29 bits per heavy atom. The summed E-state index contributed by atoms with van der Waals surface area (Å²) in [6.07, 6.45) is -1.36. The summed E-state index contributed by atoms with van der Waals surface area (Å²) < 4.78 is 25.6. The largest absolute Gasteiger partial charge is 0.459 e. The highest BCUT2D eigenvalue weighted by Gasteiger charge is 2.51. The number of imidazole rings is 1. The van der Waals surface area contributed by atoms with Crippen LogP contribution >= 0.6 is 0 Å². The van der Waals surface area contributed by atoms with E-state index in [2.05, 4.69) is 10.3 Å². The topological polar surface area (TPSA) is 161 Å². The molecular weight excluding hydrogens is 616 g/mol. The third-order valence-corrected chi connectivity index (χ3v) is 7.50. The maximum atomic E-state index is 13.4. The van der Waals surface area contributed by atoms with Gasteiger partial charge >= 0.3 is 23.9 Å². The Morgan fingerprint density at radius 3 is 1.88 bits per heavy atom. The predicted molar refractivity (Wildman–Crippen MR) is 173 cm³/mol. The lowest BCUT2D eigenvalue weighted by atomic mass is 10.1. The second-order valence-corrected chi connectivity index (χ2v) is 10.8. The number of nitrogens with zero attached hydrogens (tertiary/aromatic N) is 2. The molecule has 242 valence electrons. The molecule has 1 aliphatic rings. The Labute approximate surface area is 275 Å². The van der Waals surface area contributed by atoms with E-state index in [1.807, 2.05) is 0 Å². The average molecular weight is 647 g/mol. The van der Waals surface area contributed by atoms with E-state index in [4.69, 9.17) is 24.7 Å². The van der Waals surface area contributed by atoms with Crippen LogP contribution in [0.25, 0.3) is 11.3 Å². The van der Waals surface area contributed by atoms with Crippen LogP contribution in [0.15, 0.2) is 128 Å². The molecule has 12 nitrogen and oxygen atoms in total. The summed E-state index contributed by atoms with van der Waals surface area (Å²) in [5.74, 6) is -1.97. The van der Waals surface area contributed by atoms with Crippen molar-refractivity contribution >= 4 is 29.6 Å².